The van der Waals surface area contributed by atoms with Gasteiger partial charge in [0.15, 0.2) is 0 Å². The van der Waals surface area contributed by atoms with E-state index in [2.05, 4.69) is 10.2 Å². The van der Waals surface area contributed by atoms with Crippen LogP contribution in [0.5, 0.6) is 0 Å². The minimum absolute atomic E-state index is 0. The van der Waals surface area contributed by atoms with Gasteiger partial charge in [0.2, 0.25) is 10.0 Å². The van der Waals surface area contributed by atoms with Gasteiger partial charge in [-0.1, -0.05) is 11.6 Å². The van der Waals surface area contributed by atoms with Crippen LogP contribution >= 0.6 is 24.0 Å². The van der Waals surface area contributed by atoms with Crippen LogP contribution in [-0.2, 0) is 16.2 Å². The summed E-state index contributed by atoms with van der Waals surface area (Å²) in [5, 5.41) is 3.11. The molecule has 11 heteroatoms. The zero-order valence-corrected chi connectivity index (χ0v) is 16.2. The van der Waals surface area contributed by atoms with E-state index in [0.717, 1.165) is 29.9 Å². The zero-order valence-electron chi connectivity index (χ0n) is 13.8. The summed E-state index contributed by atoms with van der Waals surface area (Å²) in [5.74, 6) is 0. The summed E-state index contributed by atoms with van der Waals surface area (Å²) in [6.45, 7) is 3.18. The van der Waals surface area contributed by atoms with Crippen LogP contribution < -0.4 is 5.32 Å². The topological polar surface area (TPSA) is 52.7 Å². The quantitative estimate of drug-likeness (QED) is 0.795. The molecule has 0 aromatic heterocycles. The highest BCUT2D eigenvalue weighted by atomic mass is 35.5. The zero-order chi connectivity index (χ0) is 18.2. The van der Waals surface area contributed by atoms with E-state index in [9.17, 15) is 21.6 Å². The molecule has 3 rings (SSSR count). The van der Waals surface area contributed by atoms with Crippen LogP contribution in [0, 0.1) is 0 Å². The monoisotopic (exact) mass is 433 g/mol. The average Bonchev–Trinajstić information content (AvgIpc) is 3.08. The van der Waals surface area contributed by atoms with Crippen molar-refractivity contribution in [3.05, 3.63) is 28.8 Å². The van der Waals surface area contributed by atoms with Gasteiger partial charge >= 0.3 is 6.18 Å². The number of nitrogens with one attached hydrogen (secondary N) is 1. The first-order valence-corrected chi connectivity index (χ1v) is 9.83. The van der Waals surface area contributed by atoms with Crippen LogP contribution in [-0.4, -0.2) is 62.9 Å². The molecule has 2 aliphatic rings. The average molecular weight is 434 g/mol. The number of benzene rings is 1. The van der Waals surface area contributed by atoms with Crippen LogP contribution in [0.15, 0.2) is 23.1 Å². The van der Waals surface area contributed by atoms with Gasteiger partial charge < -0.3 is 5.32 Å². The van der Waals surface area contributed by atoms with E-state index in [1.54, 1.807) is 0 Å². The summed E-state index contributed by atoms with van der Waals surface area (Å²) in [7, 11) is -4.23. The second kappa shape index (κ2) is 8.20. The van der Waals surface area contributed by atoms with Gasteiger partial charge in [0.1, 0.15) is 0 Å². The number of halogens is 5. The van der Waals surface area contributed by atoms with Gasteiger partial charge in [-0.2, -0.15) is 17.5 Å². The van der Waals surface area contributed by atoms with Crippen molar-refractivity contribution in [1.82, 2.24) is 14.5 Å². The van der Waals surface area contributed by atoms with E-state index in [1.165, 1.54) is 6.07 Å². The predicted octanol–water partition coefficient (Wildman–Crippen LogP) is 2.45. The normalized spacial score (nSPS) is 23.0. The molecule has 2 fully saturated rings. The fraction of sp³-hybridized carbons (Fsp3) is 0.600. The second-order valence-electron chi connectivity index (χ2n) is 6.22. The smallest absolute Gasteiger partial charge is 0.315 e. The SMILES string of the molecule is Cl.O=S(=O)(c1ccc(Cl)cc1C(F)(F)F)N1CCN(C2CCNC2)CC1. The first-order valence-electron chi connectivity index (χ1n) is 8.01. The lowest BCUT2D eigenvalue weighted by Gasteiger charge is -2.37. The van der Waals surface area contributed by atoms with Gasteiger partial charge in [0.25, 0.3) is 0 Å². The lowest BCUT2D eigenvalue weighted by atomic mass is 10.2. The molecule has 1 N–H and O–H groups in total. The molecule has 0 bridgehead atoms. The highest BCUT2D eigenvalue weighted by Crippen LogP contribution is 2.37. The van der Waals surface area contributed by atoms with E-state index in [0.29, 0.717) is 25.2 Å². The Bertz CT molecular complexity index is 732. The maximum absolute atomic E-state index is 13.2. The Kier molecular flexibility index (Phi) is 6.85. The summed E-state index contributed by atoms with van der Waals surface area (Å²) >= 11 is 5.63. The molecular weight excluding hydrogens is 414 g/mol. The van der Waals surface area contributed by atoms with E-state index in [-0.39, 0.29) is 30.5 Å². The van der Waals surface area contributed by atoms with E-state index < -0.39 is 26.7 Å². The first kappa shape index (κ1) is 21.7. The molecule has 0 amide bonds. The molecule has 1 aromatic carbocycles. The van der Waals surface area contributed by atoms with Gasteiger partial charge in [-0.15, -0.1) is 12.4 Å². The van der Waals surface area contributed by atoms with Gasteiger partial charge in [-0.3, -0.25) is 4.90 Å². The number of alkyl halides is 3. The van der Waals surface area contributed by atoms with Crippen molar-refractivity contribution in [1.29, 1.82) is 0 Å². The third kappa shape index (κ3) is 4.45. The van der Waals surface area contributed by atoms with Crippen molar-refractivity contribution >= 4 is 34.0 Å². The number of nitrogens with zero attached hydrogens (tertiary/aromatic N) is 2. The molecule has 1 atom stereocenters. The molecule has 0 spiro atoms. The largest absolute Gasteiger partial charge is 0.417 e. The molecule has 0 saturated carbocycles. The highest BCUT2D eigenvalue weighted by molar-refractivity contribution is 7.89. The summed E-state index contributed by atoms with van der Waals surface area (Å²) < 4.78 is 66.3. The predicted molar refractivity (Wildman–Crippen MR) is 95.3 cm³/mol. The molecule has 2 aliphatic heterocycles. The maximum atomic E-state index is 13.2. The number of sulfonamides is 1. The molecule has 0 radical (unpaired) electrons. The minimum atomic E-state index is -4.79. The first-order chi connectivity index (χ1) is 11.7. The Hall–Kier alpha value is -0.580. The van der Waals surface area contributed by atoms with Crippen molar-refractivity contribution in [2.45, 2.75) is 23.5 Å². The van der Waals surface area contributed by atoms with E-state index in [4.69, 9.17) is 11.6 Å². The van der Waals surface area contributed by atoms with Crippen molar-refractivity contribution in [3.63, 3.8) is 0 Å². The number of rotatable bonds is 3. The van der Waals surface area contributed by atoms with Crippen LogP contribution in [0.4, 0.5) is 13.2 Å². The Balaban J connectivity index is 0.00000243. The third-order valence-electron chi connectivity index (χ3n) is 4.69. The number of hydrogen-bond acceptors (Lipinski definition) is 4. The van der Waals surface area contributed by atoms with Crippen LogP contribution in [0.1, 0.15) is 12.0 Å². The Morgan fingerprint density at radius 1 is 1.15 bits per heavy atom. The van der Waals surface area contributed by atoms with Crippen molar-refractivity contribution in [3.8, 4) is 0 Å². The molecule has 5 nitrogen and oxygen atoms in total. The summed E-state index contributed by atoms with van der Waals surface area (Å²) in [5.41, 5.74) is -1.22. The van der Waals surface area contributed by atoms with Crippen molar-refractivity contribution in [2.24, 2.45) is 0 Å². The Morgan fingerprint density at radius 2 is 1.81 bits per heavy atom. The Morgan fingerprint density at radius 3 is 2.35 bits per heavy atom. The van der Waals surface area contributed by atoms with Crippen molar-refractivity contribution < 1.29 is 21.6 Å². The molecule has 1 unspecified atom stereocenters. The fourth-order valence-corrected chi connectivity index (χ4v) is 5.13. The Labute approximate surface area is 161 Å². The third-order valence-corrected chi connectivity index (χ3v) is 6.88. The van der Waals surface area contributed by atoms with E-state index >= 15 is 0 Å². The summed E-state index contributed by atoms with van der Waals surface area (Å²) in [6.07, 6.45) is -3.78. The number of piperazine rings is 1. The van der Waals surface area contributed by atoms with Gasteiger partial charge in [-0.25, -0.2) is 8.42 Å². The summed E-state index contributed by atoms with van der Waals surface area (Å²) in [6, 6.07) is 3.14. The lowest BCUT2D eigenvalue weighted by molar-refractivity contribution is -0.139. The maximum Gasteiger partial charge on any atom is 0.417 e. The minimum Gasteiger partial charge on any atom is -0.315 e. The molecule has 1 aromatic rings. The number of hydrogen-bond donors (Lipinski definition) is 1. The van der Waals surface area contributed by atoms with Crippen LogP contribution in [0.25, 0.3) is 0 Å². The lowest BCUT2D eigenvalue weighted by Crippen LogP contribution is -2.52. The molecule has 2 heterocycles. The molecule has 2 saturated heterocycles. The van der Waals surface area contributed by atoms with E-state index in [1.807, 2.05) is 0 Å². The fourth-order valence-electron chi connectivity index (χ4n) is 3.35. The van der Waals surface area contributed by atoms with Gasteiger partial charge in [-0.05, 0) is 31.2 Å². The van der Waals surface area contributed by atoms with Crippen LogP contribution in [0.3, 0.4) is 0 Å². The molecule has 0 aliphatic carbocycles. The van der Waals surface area contributed by atoms with Gasteiger partial charge in [0.05, 0.1) is 10.5 Å². The standard InChI is InChI=1S/C15H19ClF3N3O2S.ClH/c16-11-1-2-14(13(9-11)15(17,18)19)25(23,24)22-7-5-21(6-8-22)12-3-4-20-10-12;/h1-2,9,12,20H,3-8,10H2;1H. The summed E-state index contributed by atoms with van der Waals surface area (Å²) in [4.78, 5) is 1.46. The van der Waals surface area contributed by atoms with Gasteiger partial charge in [0, 0.05) is 43.8 Å². The van der Waals surface area contributed by atoms with Crippen LogP contribution in [0.2, 0.25) is 5.02 Å². The molecule has 26 heavy (non-hydrogen) atoms. The molecular formula is C15H20Cl2F3N3O2S. The highest BCUT2D eigenvalue weighted by Gasteiger charge is 2.40. The molecule has 148 valence electrons. The second-order valence-corrected chi connectivity index (χ2v) is 8.57. The van der Waals surface area contributed by atoms with Crippen molar-refractivity contribution in [2.75, 3.05) is 39.3 Å².